The van der Waals surface area contributed by atoms with Crippen molar-refractivity contribution in [2.24, 2.45) is 10.9 Å². The van der Waals surface area contributed by atoms with Gasteiger partial charge >= 0.3 is 0 Å². The number of benzene rings is 1. The Morgan fingerprint density at radius 1 is 1.29 bits per heavy atom. The lowest BCUT2D eigenvalue weighted by Gasteiger charge is -2.29. The highest BCUT2D eigenvalue weighted by atomic mass is 19.1. The quantitative estimate of drug-likeness (QED) is 0.585. The van der Waals surface area contributed by atoms with E-state index in [1.165, 1.54) is 6.07 Å². The van der Waals surface area contributed by atoms with Crippen LogP contribution in [0.1, 0.15) is 12.5 Å². The van der Waals surface area contributed by atoms with E-state index in [0.29, 0.717) is 18.9 Å². The molecule has 2 N–H and O–H groups in total. The molecule has 2 rings (SSSR count). The molecule has 0 saturated carbocycles. The Balaban J connectivity index is 1.65. The van der Waals surface area contributed by atoms with E-state index in [9.17, 15) is 4.39 Å². The topological polar surface area (TPSA) is 48.9 Å². The van der Waals surface area contributed by atoms with Crippen LogP contribution in [0.25, 0.3) is 0 Å². The Morgan fingerprint density at radius 3 is 2.75 bits per heavy atom. The Labute approximate surface area is 144 Å². The Morgan fingerprint density at radius 2 is 2.04 bits per heavy atom. The maximum absolute atomic E-state index is 13.6. The van der Waals surface area contributed by atoms with Crippen molar-refractivity contribution in [3.63, 3.8) is 0 Å². The summed E-state index contributed by atoms with van der Waals surface area (Å²) < 4.78 is 19.0. The second-order valence-electron chi connectivity index (χ2n) is 6.24. The van der Waals surface area contributed by atoms with E-state index >= 15 is 0 Å². The van der Waals surface area contributed by atoms with Crippen molar-refractivity contribution in [3.8, 4) is 0 Å². The molecule has 6 heteroatoms. The molecule has 0 amide bonds. The minimum atomic E-state index is -0.152. The second-order valence-corrected chi connectivity index (χ2v) is 6.24. The first-order chi connectivity index (χ1) is 11.7. The van der Waals surface area contributed by atoms with E-state index in [1.807, 2.05) is 12.1 Å². The molecule has 0 aromatic heterocycles. The molecule has 1 heterocycles. The van der Waals surface area contributed by atoms with Crippen LogP contribution in [0.3, 0.4) is 0 Å². The lowest BCUT2D eigenvalue weighted by molar-refractivity contribution is 0.0320. The molecule has 0 spiro atoms. The molecule has 1 atom stereocenters. The van der Waals surface area contributed by atoms with Gasteiger partial charge in [0.25, 0.3) is 0 Å². The first kappa shape index (κ1) is 18.7. The SMILES string of the molecule is CN=C(NCCc1ccccc1F)NCC(C)CN1CCOCC1. The van der Waals surface area contributed by atoms with Crippen molar-refractivity contribution in [2.75, 3.05) is 53.0 Å². The van der Waals surface area contributed by atoms with Crippen LogP contribution in [0.5, 0.6) is 0 Å². The monoisotopic (exact) mass is 336 g/mol. The minimum absolute atomic E-state index is 0.152. The van der Waals surface area contributed by atoms with Crippen molar-refractivity contribution in [3.05, 3.63) is 35.6 Å². The maximum atomic E-state index is 13.6. The molecule has 1 aromatic rings. The predicted octanol–water partition coefficient (Wildman–Crippen LogP) is 1.50. The molecular formula is C18H29FN4O. The fourth-order valence-electron chi connectivity index (χ4n) is 2.80. The van der Waals surface area contributed by atoms with Gasteiger partial charge < -0.3 is 15.4 Å². The number of halogens is 1. The van der Waals surface area contributed by atoms with Crippen molar-refractivity contribution in [1.82, 2.24) is 15.5 Å². The summed E-state index contributed by atoms with van der Waals surface area (Å²) in [5.74, 6) is 1.13. The van der Waals surface area contributed by atoms with Crippen LogP contribution in [-0.2, 0) is 11.2 Å². The van der Waals surface area contributed by atoms with Crippen LogP contribution in [0.2, 0.25) is 0 Å². The zero-order valence-electron chi connectivity index (χ0n) is 14.7. The van der Waals surface area contributed by atoms with E-state index < -0.39 is 0 Å². The fourth-order valence-corrected chi connectivity index (χ4v) is 2.80. The van der Waals surface area contributed by atoms with Crippen molar-refractivity contribution >= 4 is 5.96 Å². The average molecular weight is 336 g/mol. The Kier molecular flexibility index (Phi) is 7.98. The number of ether oxygens (including phenoxy) is 1. The highest BCUT2D eigenvalue weighted by molar-refractivity contribution is 5.79. The molecule has 24 heavy (non-hydrogen) atoms. The summed E-state index contributed by atoms with van der Waals surface area (Å²) in [5, 5.41) is 6.59. The third kappa shape index (κ3) is 6.45. The Hall–Kier alpha value is -1.66. The number of morpholine rings is 1. The van der Waals surface area contributed by atoms with Crippen LogP contribution in [-0.4, -0.2) is 63.8 Å². The van der Waals surface area contributed by atoms with Gasteiger partial charge in [-0.2, -0.15) is 0 Å². The summed E-state index contributed by atoms with van der Waals surface area (Å²) in [5.41, 5.74) is 0.723. The van der Waals surface area contributed by atoms with Crippen LogP contribution in [0, 0.1) is 11.7 Å². The number of hydrogen-bond donors (Lipinski definition) is 2. The summed E-state index contributed by atoms with van der Waals surface area (Å²) in [6.45, 7) is 8.49. The lowest BCUT2D eigenvalue weighted by Crippen LogP contribution is -2.44. The zero-order valence-corrected chi connectivity index (χ0v) is 14.7. The number of guanidine groups is 1. The highest BCUT2D eigenvalue weighted by Crippen LogP contribution is 2.06. The lowest BCUT2D eigenvalue weighted by atomic mass is 10.1. The molecule has 1 unspecified atom stereocenters. The molecule has 0 radical (unpaired) electrons. The van der Waals surface area contributed by atoms with Gasteiger partial charge in [0.15, 0.2) is 5.96 Å². The molecule has 1 saturated heterocycles. The third-order valence-corrected chi connectivity index (χ3v) is 4.16. The van der Waals surface area contributed by atoms with Crippen molar-refractivity contribution in [2.45, 2.75) is 13.3 Å². The fraction of sp³-hybridized carbons (Fsp3) is 0.611. The second kappa shape index (κ2) is 10.3. The molecule has 0 bridgehead atoms. The third-order valence-electron chi connectivity index (χ3n) is 4.16. The first-order valence-corrected chi connectivity index (χ1v) is 8.67. The van der Waals surface area contributed by atoms with E-state index in [1.54, 1.807) is 13.1 Å². The molecule has 1 aliphatic heterocycles. The smallest absolute Gasteiger partial charge is 0.190 e. The van der Waals surface area contributed by atoms with Crippen LogP contribution < -0.4 is 10.6 Å². The van der Waals surface area contributed by atoms with Gasteiger partial charge in [-0.3, -0.25) is 9.89 Å². The van der Waals surface area contributed by atoms with Crippen LogP contribution >= 0.6 is 0 Å². The van der Waals surface area contributed by atoms with Crippen LogP contribution in [0.4, 0.5) is 4.39 Å². The summed E-state index contributed by atoms with van der Waals surface area (Å²) in [7, 11) is 1.76. The van der Waals surface area contributed by atoms with Gasteiger partial charge in [0, 0.05) is 39.8 Å². The number of nitrogens with one attached hydrogen (secondary N) is 2. The molecule has 5 nitrogen and oxygen atoms in total. The maximum Gasteiger partial charge on any atom is 0.190 e. The summed E-state index contributed by atoms with van der Waals surface area (Å²) in [6.07, 6.45) is 0.636. The van der Waals surface area contributed by atoms with Gasteiger partial charge in [-0.15, -0.1) is 0 Å². The Bertz CT molecular complexity index is 517. The van der Waals surface area contributed by atoms with Crippen LogP contribution in [0.15, 0.2) is 29.3 Å². The predicted molar refractivity (Wildman–Crippen MR) is 95.9 cm³/mol. The summed E-state index contributed by atoms with van der Waals surface area (Å²) in [4.78, 5) is 6.66. The molecule has 134 valence electrons. The molecule has 1 fully saturated rings. The van der Waals surface area contributed by atoms with E-state index in [4.69, 9.17) is 4.74 Å². The van der Waals surface area contributed by atoms with Gasteiger partial charge in [-0.25, -0.2) is 4.39 Å². The number of hydrogen-bond acceptors (Lipinski definition) is 3. The number of rotatable bonds is 7. The van der Waals surface area contributed by atoms with E-state index in [2.05, 4.69) is 27.4 Å². The standard InChI is InChI=1S/C18H29FN4O/c1-15(14-23-9-11-24-12-10-23)13-22-18(20-2)21-8-7-16-5-3-4-6-17(16)19/h3-6,15H,7-14H2,1-2H3,(H2,20,21,22). The van der Waals surface area contributed by atoms with Gasteiger partial charge in [-0.1, -0.05) is 25.1 Å². The summed E-state index contributed by atoms with van der Waals surface area (Å²) >= 11 is 0. The number of aliphatic imine (C=N–C) groups is 1. The van der Waals surface area contributed by atoms with E-state index in [-0.39, 0.29) is 5.82 Å². The van der Waals surface area contributed by atoms with Gasteiger partial charge in [-0.05, 0) is 24.0 Å². The normalized spacial score (nSPS) is 17.5. The molecule has 1 aromatic carbocycles. The zero-order chi connectivity index (χ0) is 17.2. The van der Waals surface area contributed by atoms with Gasteiger partial charge in [0.05, 0.1) is 13.2 Å². The summed E-state index contributed by atoms with van der Waals surface area (Å²) in [6, 6.07) is 6.88. The largest absolute Gasteiger partial charge is 0.379 e. The molecule has 1 aliphatic rings. The van der Waals surface area contributed by atoms with Gasteiger partial charge in [0.2, 0.25) is 0 Å². The average Bonchev–Trinajstić information content (AvgIpc) is 2.60. The number of nitrogens with zero attached hydrogens (tertiary/aromatic N) is 2. The van der Waals surface area contributed by atoms with Crippen molar-refractivity contribution < 1.29 is 9.13 Å². The van der Waals surface area contributed by atoms with E-state index in [0.717, 1.165) is 50.9 Å². The minimum Gasteiger partial charge on any atom is -0.379 e. The highest BCUT2D eigenvalue weighted by Gasteiger charge is 2.13. The molecule has 0 aliphatic carbocycles. The first-order valence-electron chi connectivity index (χ1n) is 8.67. The molecular weight excluding hydrogens is 307 g/mol. The van der Waals surface area contributed by atoms with Gasteiger partial charge in [0.1, 0.15) is 5.82 Å². The van der Waals surface area contributed by atoms with Crippen molar-refractivity contribution in [1.29, 1.82) is 0 Å².